The van der Waals surface area contributed by atoms with Crippen molar-refractivity contribution in [2.45, 2.75) is 18.3 Å². The Balaban J connectivity index is 2.48. The van der Waals surface area contributed by atoms with Crippen molar-refractivity contribution in [2.24, 2.45) is 0 Å². The number of esters is 1. The Bertz CT molecular complexity index is 702. The van der Waals surface area contributed by atoms with Gasteiger partial charge in [-0.1, -0.05) is 36.9 Å². The highest BCUT2D eigenvalue weighted by molar-refractivity contribution is 7.87. The molecule has 1 aliphatic rings. The van der Waals surface area contributed by atoms with Crippen molar-refractivity contribution < 1.29 is 22.5 Å². The molecule has 0 bridgehead atoms. The second-order valence-electron chi connectivity index (χ2n) is 4.67. The number of benzene rings is 1. The average Bonchev–Trinajstić information content (AvgIpc) is 2.37. The minimum Gasteiger partial charge on any atom is -0.432 e. The van der Waals surface area contributed by atoms with E-state index in [1.165, 1.54) is 19.1 Å². The van der Waals surface area contributed by atoms with Gasteiger partial charge in [0.05, 0.1) is 0 Å². The number of fused-ring (bicyclic) bond motifs is 1. The topological polar surface area (TPSA) is 80.7 Å². The molecule has 0 amide bonds. The summed E-state index contributed by atoms with van der Waals surface area (Å²) in [4.78, 5) is 9.54. The summed E-state index contributed by atoms with van der Waals surface area (Å²) in [6.07, 6.45) is 2.56. The molecule has 1 aromatic carbocycles. The Morgan fingerprint density at radius 2 is 2.05 bits per heavy atom. The van der Waals surface area contributed by atoms with Gasteiger partial charge in [-0.15, -0.1) is 0 Å². The highest BCUT2D eigenvalue weighted by atomic mass is 32.2. The van der Waals surface area contributed by atoms with Crippen LogP contribution in [-0.4, -0.2) is 23.9 Å². The molecule has 1 aliphatic carbocycles. The first-order valence-electron chi connectivity index (χ1n) is 5.88. The predicted molar refractivity (Wildman–Crippen MR) is 74.4 cm³/mol. The highest BCUT2D eigenvalue weighted by Crippen LogP contribution is 2.33. The summed E-state index contributed by atoms with van der Waals surface area (Å²) in [5.74, 6) is -0.869. The van der Waals surface area contributed by atoms with Crippen molar-refractivity contribution in [2.75, 3.05) is 0 Å². The van der Waals surface area contributed by atoms with Crippen molar-refractivity contribution in [1.29, 1.82) is 0 Å². The SMILES string of the molecule is C=C(C)C(=O)OC1(S(=O)(=O)O)C=Cc2ccccc2C1. The second kappa shape index (κ2) is 4.88. The van der Waals surface area contributed by atoms with Gasteiger partial charge in [0.15, 0.2) is 0 Å². The molecule has 0 radical (unpaired) electrons. The zero-order valence-corrected chi connectivity index (χ0v) is 11.7. The standard InChI is InChI=1S/C14H14O5S/c1-10(2)13(15)19-14(20(16,17)18)8-7-11-5-3-4-6-12(11)9-14/h3-8H,1,9H2,2H3,(H,16,17,18). The molecule has 0 aliphatic heterocycles. The number of hydrogen-bond donors (Lipinski definition) is 1. The number of carbonyl (C=O) groups is 1. The average molecular weight is 294 g/mol. The van der Waals surface area contributed by atoms with Gasteiger partial charge in [-0.2, -0.15) is 8.42 Å². The lowest BCUT2D eigenvalue weighted by atomic mass is 9.95. The number of carbonyl (C=O) groups excluding carboxylic acids is 1. The van der Waals surface area contributed by atoms with Crippen LogP contribution in [0.1, 0.15) is 18.1 Å². The van der Waals surface area contributed by atoms with Crippen LogP contribution in [0.25, 0.3) is 6.08 Å². The van der Waals surface area contributed by atoms with Gasteiger partial charge < -0.3 is 4.74 Å². The summed E-state index contributed by atoms with van der Waals surface area (Å²) in [6, 6.07) is 7.07. The summed E-state index contributed by atoms with van der Waals surface area (Å²) in [6.45, 7) is 4.81. The summed E-state index contributed by atoms with van der Waals surface area (Å²) >= 11 is 0. The molecule has 0 fully saturated rings. The Hall–Kier alpha value is -1.92. The monoisotopic (exact) mass is 294 g/mol. The second-order valence-corrected chi connectivity index (χ2v) is 6.31. The van der Waals surface area contributed by atoms with Gasteiger partial charge in [0.25, 0.3) is 4.93 Å². The van der Waals surface area contributed by atoms with Crippen LogP contribution in [0.3, 0.4) is 0 Å². The van der Waals surface area contributed by atoms with Gasteiger partial charge in [0, 0.05) is 12.0 Å². The lowest BCUT2D eigenvalue weighted by Crippen LogP contribution is -2.44. The fraction of sp³-hybridized carbons (Fsp3) is 0.214. The molecule has 1 atom stereocenters. The summed E-state index contributed by atoms with van der Waals surface area (Å²) in [5, 5.41) is 0. The van der Waals surface area contributed by atoms with E-state index in [0.29, 0.717) is 5.56 Å². The van der Waals surface area contributed by atoms with Crippen molar-refractivity contribution in [3.8, 4) is 0 Å². The quantitative estimate of drug-likeness (QED) is 0.523. The zero-order chi connectivity index (χ0) is 15.0. The number of rotatable bonds is 3. The molecule has 1 N–H and O–H groups in total. The molecular weight excluding hydrogens is 280 g/mol. The third-order valence-corrected chi connectivity index (χ3v) is 4.30. The van der Waals surface area contributed by atoms with Gasteiger partial charge in [0.2, 0.25) is 0 Å². The molecule has 5 nitrogen and oxygen atoms in total. The molecule has 1 aromatic rings. The van der Waals surface area contributed by atoms with E-state index in [9.17, 15) is 17.8 Å². The highest BCUT2D eigenvalue weighted by Gasteiger charge is 2.46. The largest absolute Gasteiger partial charge is 0.432 e. The molecule has 106 valence electrons. The van der Waals surface area contributed by atoms with Gasteiger partial charge in [0.1, 0.15) is 0 Å². The number of ether oxygens (including phenoxy) is 1. The summed E-state index contributed by atoms with van der Waals surface area (Å²) in [7, 11) is -4.63. The molecule has 6 heteroatoms. The maximum absolute atomic E-state index is 11.7. The van der Waals surface area contributed by atoms with E-state index >= 15 is 0 Å². The molecule has 0 spiro atoms. The molecule has 20 heavy (non-hydrogen) atoms. The van der Waals surface area contributed by atoms with E-state index in [1.54, 1.807) is 18.2 Å². The lowest BCUT2D eigenvalue weighted by molar-refractivity contribution is -0.144. The molecule has 0 heterocycles. The molecular formula is C14H14O5S. The predicted octanol–water partition coefficient (Wildman–Crippen LogP) is 1.96. The van der Waals surface area contributed by atoms with Crippen molar-refractivity contribution in [3.63, 3.8) is 0 Å². The van der Waals surface area contributed by atoms with Gasteiger partial charge in [-0.25, -0.2) is 4.79 Å². The van der Waals surface area contributed by atoms with Crippen molar-refractivity contribution in [3.05, 3.63) is 53.6 Å². The Morgan fingerprint density at radius 3 is 2.65 bits per heavy atom. The Kier molecular flexibility index (Phi) is 3.54. The van der Waals surface area contributed by atoms with E-state index in [-0.39, 0.29) is 12.0 Å². The van der Waals surface area contributed by atoms with E-state index in [1.807, 2.05) is 6.07 Å². The maximum Gasteiger partial charge on any atom is 0.335 e. The first-order chi connectivity index (χ1) is 9.25. The fourth-order valence-electron chi connectivity index (χ4n) is 1.94. The van der Waals surface area contributed by atoms with Crippen molar-refractivity contribution >= 4 is 22.2 Å². The summed E-state index contributed by atoms with van der Waals surface area (Å²) in [5.41, 5.74) is 1.54. The van der Waals surface area contributed by atoms with Crippen LogP contribution >= 0.6 is 0 Å². The van der Waals surface area contributed by atoms with E-state index < -0.39 is 21.0 Å². The first kappa shape index (κ1) is 14.5. The third kappa shape index (κ3) is 2.52. The normalized spacial score (nSPS) is 21.1. The van der Waals surface area contributed by atoms with Gasteiger partial charge in [-0.3, -0.25) is 4.55 Å². The Morgan fingerprint density at radius 1 is 1.40 bits per heavy atom. The molecule has 1 unspecified atom stereocenters. The van der Waals surface area contributed by atoms with Gasteiger partial charge >= 0.3 is 16.1 Å². The minimum atomic E-state index is -4.63. The van der Waals surface area contributed by atoms with Gasteiger partial charge in [-0.05, 0) is 24.1 Å². The molecule has 0 aromatic heterocycles. The first-order valence-corrected chi connectivity index (χ1v) is 7.32. The van der Waals surface area contributed by atoms with Crippen LogP contribution in [-0.2, 0) is 26.1 Å². The number of hydrogen-bond acceptors (Lipinski definition) is 4. The molecule has 0 saturated carbocycles. The maximum atomic E-state index is 11.7. The smallest absolute Gasteiger partial charge is 0.335 e. The van der Waals surface area contributed by atoms with Crippen LogP contribution in [0.5, 0.6) is 0 Å². The molecule has 2 rings (SSSR count). The van der Waals surface area contributed by atoms with Crippen LogP contribution in [0, 0.1) is 0 Å². The van der Waals surface area contributed by atoms with E-state index in [4.69, 9.17) is 4.74 Å². The van der Waals surface area contributed by atoms with Crippen molar-refractivity contribution in [1.82, 2.24) is 0 Å². The van der Waals surface area contributed by atoms with Crippen LogP contribution in [0.15, 0.2) is 42.5 Å². The Labute approximate surface area is 117 Å². The van der Waals surface area contributed by atoms with Crippen LogP contribution < -0.4 is 0 Å². The van der Waals surface area contributed by atoms with E-state index in [0.717, 1.165) is 5.56 Å². The minimum absolute atomic E-state index is 0.0558. The third-order valence-electron chi connectivity index (χ3n) is 3.06. The zero-order valence-electron chi connectivity index (χ0n) is 10.9. The van der Waals surface area contributed by atoms with Crippen LogP contribution in [0.2, 0.25) is 0 Å². The van der Waals surface area contributed by atoms with Crippen LogP contribution in [0.4, 0.5) is 0 Å². The molecule has 0 saturated heterocycles. The summed E-state index contributed by atoms with van der Waals surface area (Å²) < 4.78 is 37.8. The van der Waals surface area contributed by atoms with E-state index in [2.05, 4.69) is 6.58 Å². The lowest BCUT2D eigenvalue weighted by Gasteiger charge is -2.30. The fourth-order valence-corrected chi connectivity index (χ4v) is 2.70.